The van der Waals surface area contributed by atoms with E-state index in [1.54, 1.807) is 0 Å². The fourth-order valence-corrected chi connectivity index (χ4v) is 4.93. The van der Waals surface area contributed by atoms with Gasteiger partial charge in [0, 0.05) is 50.0 Å². The van der Waals surface area contributed by atoms with E-state index in [0.29, 0.717) is 6.04 Å². The van der Waals surface area contributed by atoms with E-state index in [9.17, 15) is 0 Å². The number of rotatable bonds is 4. The van der Waals surface area contributed by atoms with Crippen LogP contribution in [0.2, 0.25) is 0 Å². The van der Waals surface area contributed by atoms with Crippen LogP contribution in [0.25, 0.3) is 0 Å². The summed E-state index contributed by atoms with van der Waals surface area (Å²) in [5, 5.41) is 0. The van der Waals surface area contributed by atoms with Crippen LogP contribution in [-0.4, -0.2) is 48.0 Å². The molecule has 4 rings (SSSR count). The topological polar surface area (TPSA) is 19.4 Å². The predicted octanol–water partition coefficient (Wildman–Crippen LogP) is 4.32. The Morgan fingerprint density at radius 2 is 1.74 bits per heavy atom. The van der Waals surface area contributed by atoms with Crippen molar-refractivity contribution in [3.05, 3.63) is 65.0 Å². The number of aryl methyl sites for hydroxylation is 2. The molecule has 2 aliphatic rings. The number of hydrogen-bond acceptors (Lipinski definition) is 3. The number of pyridine rings is 1. The number of hydrogen-bond donors (Lipinski definition) is 0. The van der Waals surface area contributed by atoms with Gasteiger partial charge < -0.3 is 4.90 Å². The molecule has 27 heavy (non-hydrogen) atoms. The van der Waals surface area contributed by atoms with Crippen LogP contribution in [0.15, 0.2) is 42.5 Å². The maximum absolute atomic E-state index is 4.66. The van der Waals surface area contributed by atoms with E-state index in [1.165, 1.54) is 36.5 Å². The third-order valence-corrected chi connectivity index (χ3v) is 6.11. The summed E-state index contributed by atoms with van der Waals surface area (Å²) in [6.45, 7) is 9.15. The fraction of sp³-hybridized carbons (Fsp3) is 0.500. The van der Waals surface area contributed by atoms with Crippen molar-refractivity contribution >= 4 is 24.8 Å². The summed E-state index contributed by atoms with van der Waals surface area (Å²) in [7, 11) is 2.30. The lowest BCUT2D eigenvalue weighted by Gasteiger charge is -2.28. The van der Waals surface area contributed by atoms with Crippen molar-refractivity contribution in [3.8, 4) is 0 Å². The van der Waals surface area contributed by atoms with Crippen LogP contribution in [0, 0.1) is 25.7 Å². The molecule has 0 radical (unpaired) electrons. The minimum Gasteiger partial charge on any atom is -0.302 e. The molecule has 5 heteroatoms. The molecule has 3 atom stereocenters. The average molecular weight is 408 g/mol. The van der Waals surface area contributed by atoms with Gasteiger partial charge in [0.2, 0.25) is 0 Å². The first-order valence-corrected chi connectivity index (χ1v) is 9.52. The fourth-order valence-electron chi connectivity index (χ4n) is 4.93. The van der Waals surface area contributed by atoms with Crippen LogP contribution >= 0.6 is 24.8 Å². The van der Waals surface area contributed by atoms with E-state index in [-0.39, 0.29) is 24.8 Å². The second-order valence-electron chi connectivity index (χ2n) is 7.94. The largest absolute Gasteiger partial charge is 0.302 e. The van der Waals surface area contributed by atoms with Crippen molar-refractivity contribution in [2.45, 2.75) is 26.3 Å². The van der Waals surface area contributed by atoms with Gasteiger partial charge in [0.05, 0.1) is 0 Å². The number of halogens is 2. The molecule has 1 aromatic heterocycles. The molecule has 2 aromatic rings. The zero-order chi connectivity index (χ0) is 17.4. The molecule has 3 heterocycles. The molecule has 0 aliphatic carbocycles. The van der Waals surface area contributed by atoms with Gasteiger partial charge in [-0.3, -0.25) is 9.88 Å². The van der Waals surface area contributed by atoms with Crippen LogP contribution in [0.4, 0.5) is 0 Å². The molecule has 3 nitrogen and oxygen atoms in total. The summed E-state index contributed by atoms with van der Waals surface area (Å²) < 4.78 is 0. The van der Waals surface area contributed by atoms with Crippen LogP contribution < -0.4 is 0 Å². The monoisotopic (exact) mass is 407 g/mol. The van der Waals surface area contributed by atoms with Crippen molar-refractivity contribution in [3.63, 3.8) is 0 Å². The summed E-state index contributed by atoms with van der Waals surface area (Å²) in [6.07, 6.45) is 1.06. The van der Waals surface area contributed by atoms with E-state index < -0.39 is 0 Å². The van der Waals surface area contributed by atoms with Gasteiger partial charge in [0.1, 0.15) is 0 Å². The second-order valence-corrected chi connectivity index (χ2v) is 7.94. The molecule has 0 saturated carbocycles. The maximum atomic E-state index is 4.66. The molecule has 2 saturated heterocycles. The minimum absolute atomic E-state index is 0. The van der Waals surface area contributed by atoms with Crippen LogP contribution in [-0.2, 0) is 6.42 Å². The molecule has 0 unspecified atom stereocenters. The quantitative estimate of drug-likeness (QED) is 0.751. The van der Waals surface area contributed by atoms with E-state index in [2.05, 4.69) is 78.1 Å². The Morgan fingerprint density at radius 3 is 2.48 bits per heavy atom. The number of aromatic nitrogens is 1. The standard InChI is InChI=1S/C22H29N3.2ClH/c1-16-7-4-5-10-20(16)22-21-15-25(14-18(21)13-24(22)3)12-11-19-9-6-8-17(2)23-19;;/h4-10,18,21-22H,11-15H2,1-3H3;2*1H/t18-,21+,22+;;/m0../s1. The second kappa shape index (κ2) is 9.38. The number of fused-ring (bicyclic) bond motifs is 1. The highest BCUT2D eigenvalue weighted by molar-refractivity contribution is 5.85. The molecule has 2 fully saturated rings. The van der Waals surface area contributed by atoms with Crippen LogP contribution in [0.3, 0.4) is 0 Å². The summed E-state index contributed by atoms with van der Waals surface area (Å²) >= 11 is 0. The average Bonchev–Trinajstić information content (AvgIpc) is 3.10. The summed E-state index contributed by atoms with van der Waals surface area (Å²) in [4.78, 5) is 9.90. The van der Waals surface area contributed by atoms with Crippen molar-refractivity contribution in [2.24, 2.45) is 11.8 Å². The summed E-state index contributed by atoms with van der Waals surface area (Å²) in [6, 6.07) is 15.9. The first kappa shape index (κ1) is 22.2. The van der Waals surface area contributed by atoms with Gasteiger partial charge in [-0.2, -0.15) is 0 Å². The first-order chi connectivity index (χ1) is 12.1. The van der Waals surface area contributed by atoms with Gasteiger partial charge in [-0.1, -0.05) is 30.3 Å². The van der Waals surface area contributed by atoms with E-state index >= 15 is 0 Å². The van der Waals surface area contributed by atoms with Crippen molar-refractivity contribution in [2.75, 3.05) is 33.2 Å². The molecule has 0 N–H and O–H groups in total. The molecule has 1 aromatic carbocycles. The normalized spacial score (nSPS) is 24.9. The predicted molar refractivity (Wildman–Crippen MR) is 117 cm³/mol. The SMILES string of the molecule is Cc1cccc(CCN2C[C@@H]3CN(C)[C@H](c4ccccc4C)[C@@H]3C2)n1.Cl.Cl. The molecule has 0 amide bonds. The van der Waals surface area contributed by atoms with Crippen LogP contribution in [0.5, 0.6) is 0 Å². The van der Waals surface area contributed by atoms with E-state index in [4.69, 9.17) is 0 Å². The molecular weight excluding hydrogens is 377 g/mol. The summed E-state index contributed by atoms with van der Waals surface area (Å²) in [5.74, 6) is 1.57. The van der Waals surface area contributed by atoms with Gasteiger partial charge in [-0.25, -0.2) is 0 Å². The zero-order valence-corrected chi connectivity index (χ0v) is 18.1. The van der Waals surface area contributed by atoms with E-state index in [0.717, 1.165) is 30.5 Å². The molecule has 0 bridgehead atoms. The van der Waals surface area contributed by atoms with Crippen molar-refractivity contribution in [1.82, 2.24) is 14.8 Å². The first-order valence-electron chi connectivity index (χ1n) is 9.52. The number of likely N-dealkylation sites (tertiary alicyclic amines) is 2. The van der Waals surface area contributed by atoms with Gasteiger partial charge in [0.15, 0.2) is 0 Å². The smallest absolute Gasteiger partial charge is 0.0419 e. The maximum Gasteiger partial charge on any atom is 0.0419 e. The van der Waals surface area contributed by atoms with Crippen molar-refractivity contribution in [1.29, 1.82) is 0 Å². The summed E-state index contributed by atoms with van der Waals surface area (Å²) in [5.41, 5.74) is 5.31. The zero-order valence-electron chi connectivity index (χ0n) is 16.5. The Morgan fingerprint density at radius 1 is 0.963 bits per heavy atom. The Labute approximate surface area is 176 Å². The highest BCUT2D eigenvalue weighted by Crippen LogP contribution is 2.44. The Kier molecular flexibility index (Phi) is 7.70. The van der Waals surface area contributed by atoms with E-state index in [1.807, 2.05) is 0 Å². The lowest BCUT2D eigenvalue weighted by Crippen LogP contribution is -2.30. The molecule has 148 valence electrons. The highest BCUT2D eigenvalue weighted by Gasteiger charge is 2.46. The lowest BCUT2D eigenvalue weighted by atomic mass is 9.88. The minimum atomic E-state index is 0. The van der Waals surface area contributed by atoms with Gasteiger partial charge >= 0.3 is 0 Å². The highest BCUT2D eigenvalue weighted by atomic mass is 35.5. The third kappa shape index (κ3) is 4.65. The Balaban J connectivity index is 0.00000131. The molecule has 2 aliphatic heterocycles. The van der Waals surface area contributed by atoms with Gasteiger partial charge in [-0.15, -0.1) is 24.8 Å². The lowest BCUT2D eigenvalue weighted by molar-refractivity contribution is 0.228. The Bertz CT molecular complexity index is 752. The van der Waals surface area contributed by atoms with Crippen molar-refractivity contribution < 1.29 is 0 Å². The number of benzene rings is 1. The van der Waals surface area contributed by atoms with Crippen LogP contribution in [0.1, 0.15) is 28.6 Å². The third-order valence-electron chi connectivity index (χ3n) is 6.11. The van der Waals surface area contributed by atoms with Gasteiger partial charge in [0.25, 0.3) is 0 Å². The molecular formula is C22H31Cl2N3. The Hall–Kier alpha value is -1.13. The molecule has 0 spiro atoms. The van der Waals surface area contributed by atoms with Gasteiger partial charge in [-0.05, 0) is 56.0 Å². The number of nitrogens with zero attached hydrogens (tertiary/aromatic N) is 3.